The molecule has 88 valence electrons. The van der Waals surface area contributed by atoms with E-state index in [1.807, 2.05) is 6.92 Å². The Hall–Kier alpha value is -2.51. The van der Waals surface area contributed by atoms with Crippen molar-refractivity contribution in [2.45, 2.75) is 6.92 Å². The number of hydrogen-bond donors (Lipinski definition) is 1. The van der Waals surface area contributed by atoms with Gasteiger partial charge in [0, 0.05) is 18.9 Å². The Morgan fingerprint density at radius 2 is 2.35 bits per heavy atom. The first kappa shape index (κ1) is 11.0. The van der Waals surface area contributed by atoms with E-state index in [-0.39, 0.29) is 17.3 Å². The maximum Gasteiger partial charge on any atom is 0.355 e. The highest BCUT2D eigenvalue weighted by molar-refractivity contribution is 5.63. The number of nitro groups is 1. The van der Waals surface area contributed by atoms with E-state index in [1.54, 1.807) is 12.3 Å². The molecule has 0 saturated carbocycles. The van der Waals surface area contributed by atoms with Crippen molar-refractivity contribution in [3.8, 4) is 5.82 Å². The molecule has 0 unspecified atom stereocenters. The van der Waals surface area contributed by atoms with Crippen LogP contribution in [-0.2, 0) is 0 Å². The van der Waals surface area contributed by atoms with Gasteiger partial charge in [0.2, 0.25) is 11.6 Å². The van der Waals surface area contributed by atoms with Crippen LogP contribution in [0.4, 0.5) is 11.5 Å². The molecule has 0 amide bonds. The predicted molar refractivity (Wildman–Crippen MR) is 60.0 cm³/mol. The molecule has 0 aliphatic heterocycles. The van der Waals surface area contributed by atoms with E-state index in [1.165, 1.54) is 17.2 Å². The maximum atomic E-state index is 11.1. The highest BCUT2D eigenvalue weighted by Crippen LogP contribution is 2.26. The number of hydrogen-bond acceptors (Lipinski definition) is 6. The Kier molecular flexibility index (Phi) is 2.95. The highest BCUT2D eigenvalue weighted by atomic mass is 16.6. The van der Waals surface area contributed by atoms with E-state index in [0.717, 1.165) is 0 Å². The van der Waals surface area contributed by atoms with E-state index in [0.29, 0.717) is 6.54 Å². The topological polar surface area (TPSA) is 98.8 Å². The zero-order chi connectivity index (χ0) is 12.3. The summed E-state index contributed by atoms with van der Waals surface area (Å²) >= 11 is 0. The number of nitrogens with zero attached hydrogens (tertiary/aromatic N) is 5. The fourth-order valence-corrected chi connectivity index (χ4v) is 1.40. The normalized spacial score (nSPS) is 10.2. The molecule has 2 heterocycles. The Morgan fingerprint density at radius 1 is 1.53 bits per heavy atom. The molecule has 8 nitrogen and oxygen atoms in total. The van der Waals surface area contributed by atoms with Gasteiger partial charge in [0.25, 0.3) is 0 Å². The summed E-state index contributed by atoms with van der Waals surface area (Å²) in [6, 6.07) is 1.67. The van der Waals surface area contributed by atoms with Crippen molar-refractivity contribution >= 4 is 11.5 Å². The molecule has 0 aliphatic rings. The Bertz CT molecular complexity index is 524. The third-order valence-corrected chi connectivity index (χ3v) is 2.05. The highest BCUT2D eigenvalue weighted by Gasteiger charge is 2.23. The number of aromatic nitrogens is 4. The van der Waals surface area contributed by atoms with Crippen LogP contribution in [0.25, 0.3) is 5.82 Å². The third kappa shape index (κ3) is 2.05. The molecule has 0 atom stereocenters. The fraction of sp³-hybridized carbons (Fsp3) is 0.222. The molecule has 0 aromatic carbocycles. The molecule has 2 aromatic rings. The van der Waals surface area contributed by atoms with Crippen LogP contribution in [0.2, 0.25) is 0 Å². The largest absolute Gasteiger partial charge is 0.364 e. The number of nitrogens with one attached hydrogen (secondary N) is 1. The van der Waals surface area contributed by atoms with E-state index in [9.17, 15) is 10.1 Å². The minimum Gasteiger partial charge on any atom is -0.364 e. The van der Waals surface area contributed by atoms with Crippen molar-refractivity contribution in [3.05, 3.63) is 34.9 Å². The van der Waals surface area contributed by atoms with E-state index in [4.69, 9.17) is 0 Å². The summed E-state index contributed by atoms with van der Waals surface area (Å²) in [7, 11) is 0. The molecule has 0 aliphatic carbocycles. The van der Waals surface area contributed by atoms with Crippen LogP contribution < -0.4 is 5.32 Å². The summed E-state index contributed by atoms with van der Waals surface area (Å²) in [6.45, 7) is 2.37. The van der Waals surface area contributed by atoms with Gasteiger partial charge >= 0.3 is 5.69 Å². The van der Waals surface area contributed by atoms with Crippen LogP contribution in [0.15, 0.2) is 24.8 Å². The summed E-state index contributed by atoms with van der Waals surface area (Å²) in [5.41, 5.74) is -0.182. The van der Waals surface area contributed by atoms with Gasteiger partial charge in [0.1, 0.15) is 6.33 Å². The molecule has 0 bridgehead atoms. The molecule has 17 heavy (non-hydrogen) atoms. The molecule has 8 heteroatoms. The van der Waals surface area contributed by atoms with E-state index < -0.39 is 4.92 Å². The second kappa shape index (κ2) is 4.56. The van der Waals surface area contributed by atoms with Gasteiger partial charge in [-0.15, -0.1) is 0 Å². The Labute approximate surface area is 96.5 Å². The SMILES string of the molecule is CCNc1ncnc(-n2cccn2)c1[N+](=O)[O-]. The summed E-state index contributed by atoms with van der Waals surface area (Å²) in [5, 5.41) is 17.8. The number of anilines is 1. The molecule has 2 aromatic heterocycles. The summed E-state index contributed by atoms with van der Waals surface area (Å²) in [4.78, 5) is 18.3. The average molecular weight is 234 g/mol. The average Bonchev–Trinajstić information content (AvgIpc) is 2.82. The fourth-order valence-electron chi connectivity index (χ4n) is 1.40. The van der Waals surface area contributed by atoms with Crippen molar-refractivity contribution in [1.82, 2.24) is 19.7 Å². The van der Waals surface area contributed by atoms with Crippen molar-refractivity contribution in [1.29, 1.82) is 0 Å². The second-order valence-corrected chi connectivity index (χ2v) is 3.13. The third-order valence-electron chi connectivity index (χ3n) is 2.05. The predicted octanol–water partition coefficient (Wildman–Crippen LogP) is 1.00. The maximum absolute atomic E-state index is 11.1. The lowest BCUT2D eigenvalue weighted by Crippen LogP contribution is -2.09. The molecule has 2 rings (SSSR count). The zero-order valence-corrected chi connectivity index (χ0v) is 9.07. The van der Waals surface area contributed by atoms with Crippen molar-refractivity contribution in [2.75, 3.05) is 11.9 Å². The van der Waals surface area contributed by atoms with Crippen LogP contribution in [0.5, 0.6) is 0 Å². The van der Waals surface area contributed by atoms with Crippen LogP contribution in [0.3, 0.4) is 0 Å². The first-order valence-electron chi connectivity index (χ1n) is 4.97. The lowest BCUT2D eigenvalue weighted by molar-refractivity contribution is -0.384. The van der Waals surface area contributed by atoms with E-state index in [2.05, 4.69) is 20.4 Å². The van der Waals surface area contributed by atoms with Gasteiger partial charge in [0.05, 0.1) is 4.92 Å². The first-order valence-corrected chi connectivity index (χ1v) is 4.97. The molecule has 1 N–H and O–H groups in total. The summed E-state index contributed by atoms with van der Waals surface area (Å²) < 4.78 is 1.33. The lowest BCUT2D eigenvalue weighted by Gasteiger charge is -2.06. The minimum atomic E-state index is -0.519. The van der Waals surface area contributed by atoms with Crippen LogP contribution in [0.1, 0.15) is 6.92 Å². The van der Waals surface area contributed by atoms with Crippen LogP contribution in [0, 0.1) is 10.1 Å². The smallest absolute Gasteiger partial charge is 0.355 e. The molecular weight excluding hydrogens is 224 g/mol. The van der Waals surface area contributed by atoms with Gasteiger partial charge in [-0.1, -0.05) is 0 Å². The minimum absolute atomic E-state index is 0.144. The van der Waals surface area contributed by atoms with Crippen LogP contribution >= 0.6 is 0 Å². The van der Waals surface area contributed by atoms with Crippen molar-refractivity contribution in [3.63, 3.8) is 0 Å². The molecule has 0 fully saturated rings. The zero-order valence-electron chi connectivity index (χ0n) is 9.07. The van der Waals surface area contributed by atoms with Gasteiger partial charge in [-0.25, -0.2) is 14.6 Å². The number of rotatable bonds is 4. The Morgan fingerprint density at radius 3 is 2.94 bits per heavy atom. The standard InChI is InChI=1S/C9H10N6O2/c1-2-10-8-7(15(16)17)9(12-6-11-8)14-5-3-4-13-14/h3-6H,2H2,1H3,(H,10,11,12). The van der Waals surface area contributed by atoms with Crippen molar-refractivity contribution in [2.24, 2.45) is 0 Å². The Balaban J connectivity index is 2.59. The van der Waals surface area contributed by atoms with Gasteiger partial charge in [0.15, 0.2) is 0 Å². The van der Waals surface area contributed by atoms with Gasteiger partial charge in [-0.05, 0) is 13.0 Å². The van der Waals surface area contributed by atoms with Gasteiger partial charge in [-0.2, -0.15) is 5.10 Å². The second-order valence-electron chi connectivity index (χ2n) is 3.13. The first-order chi connectivity index (χ1) is 8.24. The van der Waals surface area contributed by atoms with Crippen molar-refractivity contribution < 1.29 is 4.92 Å². The molecular formula is C9H10N6O2. The quantitative estimate of drug-likeness (QED) is 0.625. The lowest BCUT2D eigenvalue weighted by atomic mass is 10.4. The van der Waals surface area contributed by atoms with Gasteiger partial charge < -0.3 is 5.32 Å². The molecule has 0 saturated heterocycles. The van der Waals surface area contributed by atoms with Gasteiger partial charge in [-0.3, -0.25) is 10.1 Å². The summed E-state index contributed by atoms with van der Waals surface area (Å²) in [5.74, 6) is 0.337. The summed E-state index contributed by atoms with van der Waals surface area (Å²) in [6.07, 6.45) is 4.38. The molecule has 0 radical (unpaired) electrons. The van der Waals surface area contributed by atoms with E-state index >= 15 is 0 Å². The molecule has 0 spiro atoms. The monoisotopic (exact) mass is 234 g/mol. The van der Waals surface area contributed by atoms with Crippen LogP contribution in [-0.4, -0.2) is 31.2 Å².